The molecule has 0 radical (unpaired) electrons. The number of nitrogens with one attached hydrogen (secondary N) is 2. The third-order valence-electron chi connectivity index (χ3n) is 9.62. The number of amides is 1. The molecule has 3 saturated carbocycles. The van der Waals surface area contributed by atoms with Gasteiger partial charge in [-0.05, 0) is 82.6 Å². The van der Waals surface area contributed by atoms with Crippen LogP contribution in [0.15, 0.2) is 0 Å². The molecule has 34 heavy (non-hydrogen) atoms. The van der Waals surface area contributed by atoms with Gasteiger partial charge in [0.15, 0.2) is 6.17 Å². The summed E-state index contributed by atoms with van der Waals surface area (Å²) in [5, 5.41) is 0. The van der Waals surface area contributed by atoms with Gasteiger partial charge in [0.1, 0.15) is 11.8 Å². The van der Waals surface area contributed by atoms with Crippen LogP contribution in [0, 0.1) is 35.5 Å². The predicted molar refractivity (Wildman–Crippen MR) is 117 cm³/mol. The largest absolute Gasteiger partial charge is 0.392 e. The van der Waals surface area contributed by atoms with Crippen molar-refractivity contribution in [1.29, 1.82) is 0 Å². The fourth-order valence-electron chi connectivity index (χ4n) is 7.38. The van der Waals surface area contributed by atoms with Crippen molar-refractivity contribution < 1.29 is 26.7 Å². The van der Waals surface area contributed by atoms with Crippen LogP contribution in [0.5, 0.6) is 0 Å². The Morgan fingerprint density at radius 2 is 1.76 bits per heavy atom. The number of carbonyl (C=O) groups is 1. The molecule has 5 nitrogen and oxygen atoms in total. The third kappa shape index (κ3) is 4.36. The van der Waals surface area contributed by atoms with Crippen molar-refractivity contribution in [1.82, 2.24) is 20.7 Å². The van der Waals surface area contributed by atoms with E-state index in [9.17, 15) is 18.0 Å². The molecule has 7 unspecified atom stereocenters. The van der Waals surface area contributed by atoms with E-state index in [1.165, 1.54) is 6.92 Å². The molecule has 5 fully saturated rings. The average molecular weight is 493 g/mol. The zero-order valence-corrected chi connectivity index (χ0v) is 20.0. The normalized spacial score (nSPS) is 42.5. The van der Waals surface area contributed by atoms with Crippen molar-refractivity contribution in [3.63, 3.8) is 0 Å². The van der Waals surface area contributed by atoms with Gasteiger partial charge in [-0.15, -0.1) is 0 Å². The highest BCUT2D eigenvalue weighted by Gasteiger charge is 2.59. The van der Waals surface area contributed by atoms with Gasteiger partial charge in [-0.25, -0.2) is 19.6 Å². The first kappa shape index (κ1) is 24.7. The van der Waals surface area contributed by atoms with Crippen molar-refractivity contribution >= 4 is 5.91 Å². The van der Waals surface area contributed by atoms with Gasteiger partial charge in [-0.2, -0.15) is 13.2 Å². The van der Waals surface area contributed by atoms with E-state index in [0.717, 1.165) is 12.8 Å². The highest BCUT2D eigenvalue weighted by Crippen LogP contribution is 2.55. The van der Waals surface area contributed by atoms with Gasteiger partial charge in [-0.1, -0.05) is 6.42 Å². The summed E-state index contributed by atoms with van der Waals surface area (Å²) in [4.78, 5) is 16.7. The quantitative estimate of drug-likeness (QED) is 0.570. The van der Waals surface area contributed by atoms with Crippen LogP contribution in [0.2, 0.25) is 0 Å². The molecule has 10 heteroatoms. The van der Waals surface area contributed by atoms with Crippen LogP contribution in [0.3, 0.4) is 0 Å². The molecule has 2 saturated heterocycles. The summed E-state index contributed by atoms with van der Waals surface area (Å²) in [6.45, 7) is 1.80. The summed E-state index contributed by atoms with van der Waals surface area (Å²) in [7, 11) is 1.71. The van der Waals surface area contributed by atoms with E-state index >= 15 is 8.78 Å². The minimum atomic E-state index is -4.31. The lowest BCUT2D eigenvalue weighted by Crippen LogP contribution is -2.56. The Morgan fingerprint density at radius 1 is 1.03 bits per heavy atom. The second-order valence-electron chi connectivity index (χ2n) is 11.7. The Kier molecular flexibility index (Phi) is 6.41. The second kappa shape index (κ2) is 8.83. The Bertz CT molecular complexity index is 775. The first-order valence-electron chi connectivity index (χ1n) is 12.9. The van der Waals surface area contributed by atoms with Gasteiger partial charge in [0.2, 0.25) is 5.91 Å². The van der Waals surface area contributed by atoms with E-state index in [1.807, 2.05) is 0 Å². The molecule has 0 aromatic carbocycles. The molecular weight excluding hydrogens is 455 g/mol. The van der Waals surface area contributed by atoms with Crippen LogP contribution in [0.4, 0.5) is 22.0 Å². The molecule has 2 aliphatic heterocycles. The number of likely N-dealkylation sites (tertiary alicyclic amines) is 1. The molecule has 2 N–H and O–H groups in total. The number of nitrogens with zero attached hydrogens (tertiary/aromatic N) is 2. The van der Waals surface area contributed by atoms with Crippen molar-refractivity contribution in [2.24, 2.45) is 35.5 Å². The molecule has 0 aromatic rings. The van der Waals surface area contributed by atoms with E-state index in [4.69, 9.17) is 0 Å². The summed E-state index contributed by atoms with van der Waals surface area (Å²) in [5.41, 5.74) is 3.49. The molecule has 2 heterocycles. The van der Waals surface area contributed by atoms with Crippen LogP contribution in [0.1, 0.15) is 58.3 Å². The van der Waals surface area contributed by atoms with E-state index < -0.39 is 47.9 Å². The molecule has 0 aromatic heterocycles. The van der Waals surface area contributed by atoms with E-state index in [1.54, 1.807) is 16.8 Å². The van der Waals surface area contributed by atoms with E-state index in [0.29, 0.717) is 44.7 Å². The standard InChI is InChI=1S/C24H37F5N4O/c1-23(26,20(25)21-31-30-12-32(21)2)15-4-3-5-16(10-15)33-11-18-17(22(33)34)8-14(13-6-7-13)9-19(18)24(27,28)29/h13-21,30-31H,3-12H2,1-2H3/t14?,15?,16?,17?,18?,19?,20-,21?,23+/m0/s1. The van der Waals surface area contributed by atoms with Gasteiger partial charge in [0, 0.05) is 18.5 Å². The lowest BCUT2D eigenvalue weighted by atomic mass is 9.67. The van der Waals surface area contributed by atoms with E-state index in [-0.39, 0.29) is 30.8 Å². The van der Waals surface area contributed by atoms with Gasteiger partial charge in [-0.3, -0.25) is 9.69 Å². The summed E-state index contributed by atoms with van der Waals surface area (Å²) >= 11 is 0. The maximum Gasteiger partial charge on any atom is 0.392 e. The molecule has 5 aliphatic rings. The minimum absolute atomic E-state index is 0.0261. The average Bonchev–Trinajstić information content (AvgIpc) is 3.47. The maximum atomic E-state index is 15.9. The zero-order chi connectivity index (χ0) is 24.4. The molecule has 0 spiro atoms. The summed E-state index contributed by atoms with van der Waals surface area (Å²) < 4.78 is 73.2. The molecule has 194 valence electrons. The zero-order valence-electron chi connectivity index (χ0n) is 20.0. The fourth-order valence-corrected chi connectivity index (χ4v) is 7.38. The van der Waals surface area contributed by atoms with Crippen molar-refractivity contribution in [3.05, 3.63) is 0 Å². The van der Waals surface area contributed by atoms with Gasteiger partial charge in [0.05, 0.1) is 12.6 Å². The van der Waals surface area contributed by atoms with Crippen LogP contribution >= 0.6 is 0 Å². The number of hydrogen-bond donors (Lipinski definition) is 2. The second-order valence-corrected chi connectivity index (χ2v) is 11.7. The predicted octanol–water partition coefficient (Wildman–Crippen LogP) is 4.01. The SMILES string of the molecule is CN1CNNC1[C@H](F)[C@](C)(F)C1CCCC(N2CC3C(CC(C4CC4)CC3C(F)(F)F)C2=O)C1. The van der Waals surface area contributed by atoms with Crippen molar-refractivity contribution in [2.45, 2.75) is 88.5 Å². The Hall–Kier alpha value is -1.00. The molecular formula is C24H37F5N4O. The number of hydrogen-bond acceptors (Lipinski definition) is 4. The van der Waals surface area contributed by atoms with Crippen LogP contribution in [-0.4, -0.2) is 66.2 Å². The number of alkyl halides is 5. The maximum absolute atomic E-state index is 15.9. The van der Waals surface area contributed by atoms with Crippen LogP contribution < -0.4 is 10.9 Å². The Morgan fingerprint density at radius 3 is 2.38 bits per heavy atom. The number of rotatable bonds is 5. The highest BCUT2D eigenvalue weighted by atomic mass is 19.4. The fraction of sp³-hybridized carbons (Fsp3) is 0.958. The highest BCUT2D eigenvalue weighted by molar-refractivity contribution is 5.82. The Labute approximate surface area is 198 Å². The molecule has 0 bridgehead atoms. The summed E-state index contributed by atoms with van der Waals surface area (Å²) in [6, 6.07) is -0.320. The number of fused-ring (bicyclic) bond motifs is 1. The molecule has 9 atom stereocenters. The van der Waals surface area contributed by atoms with Gasteiger partial charge >= 0.3 is 6.18 Å². The first-order chi connectivity index (χ1) is 16.0. The van der Waals surface area contributed by atoms with E-state index in [2.05, 4.69) is 10.9 Å². The molecule has 5 rings (SSSR count). The lowest BCUT2D eigenvalue weighted by Gasteiger charge is -2.43. The number of carbonyl (C=O) groups excluding carboxylic acids is 1. The summed E-state index contributed by atoms with van der Waals surface area (Å²) in [5.74, 6) is -3.21. The van der Waals surface area contributed by atoms with Crippen LogP contribution in [-0.2, 0) is 4.79 Å². The minimum Gasteiger partial charge on any atom is -0.339 e. The number of halogens is 5. The monoisotopic (exact) mass is 492 g/mol. The van der Waals surface area contributed by atoms with Gasteiger partial charge in [0.25, 0.3) is 0 Å². The Balaban J connectivity index is 1.30. The lowest BCUT2D eigenvalue weighted by molar-refractivity contribution is -0.204. The first-order valence-corrected chi connectivity index (χ1v) is 12.9. The van der Waals surface area contributed by atoms with Crippen molar-refractivity contribution in [2.75, 3.05) is 20.3 Å². The topological polar surface area (TPSA) is 47.6 Å². The molecule has 1 amide bonds. The van der Waals surface area contributed by atoms with Crippen molar-refractivity contribution in [3.8, 4) is 0 Å². The van der Waals surface area contributed by atoms with Gasteiger partial charge < -0.3 is 4.90 Å². The number of hydrazine groups is 1. The smallest absolute Gasteiger partial charge is 0.339 e. The third-order valence-corrected chi connectivity index (χ3v) is 9.62. The van der Waals surface area contributed by atoms with Crippen LogP contribution in [0.25, 0.3) is 0 Å². The molecule has 3 aliphatic carbocycles. The summed E-state index contributed by atoms with van der Waals surface area (Å²) in [6.07, 6.45) is -2.18.